The summed E-state index contributed by atoms with van der Waals surface area (Å²) in [4.78, 5) is 24.4. The second kappa shape index (κ2) is 17.0. The third kappa shape index (κ3) is 11.4. The lowest BCUT2D eigenvalue weighted by Gasteiger charge is -2.03. The van der Waals surface area contributed by atoms with E-state index in [1.165, 1.54) is 17.5 Å². The number of allylic oxidation sites excluding steroid dienone is 1. The summed E-state index contributed by atoms with van der Waals surface area (Å²) in [5, 5.41) is 10.0. The van der Waals surface area contributed by atoms with Gasteiger partial charge in [-0.15, -0.1) is 0 Å². The summed E-state index contributed by atoms with van der Waals surface area (Å²) in [7, 11) is 0. The number of nitrogens with one attached hydrogen (secondary N) is 2. The molecule has 0 aliphatic rings. The number of carbonyl (C=O) groups excluding carboxylic acids is 2. The maximum atomic E-state index is 10.4. The molecule has 1 heterocycles. The number of rotatable bonds is 8. The number of carbonyl (C=O) groups is 2. The lowest BCUT2D eigenvalue weighted by Crippen LogP contribution is -2.12. The highest BCUT2D eigenvalue weighted by Gasteiger charge is 2.02. The minimum atomic E-state index is 0.0219. The number of hydrogen-bond donors (Lipinski definition) is 2. The Hall–Kier alpha value is -3.08. The number of aryl methyl sites for hydroxylation is 2. The second-order valence-electron chi connectivity index (χ2n) is 6.30. The van der Waals surface area contributed by atoms with Gasteiger partial charge in [-0.05, 0) is 49.4 Å². The zero-order chi connectivity index (χ0) is 21.9. The van der Waals surface area contributed by atoms with E-state index in [1.807, 2.05) is 49.5 Å². The van der Waals surface area contributed by atoms with Gasteiger partial charge in [-0.25, -0.2) is 0 Å². The molecule has 5 nitrogen and oxygen atoms in total. The fourth-order valence-electron chi connectivity index (χ4n) is 2.35. The van der Waals surface area contributed by atoms with Gasteiger partial charge in [0.15, 0.2) is 6.29 Å². The van der Waals surface area contributed by atoms with Crippen LogP contribution in [0.15, 0.2) is 48.8 Å². The maximum absolute atomic E-state index is 10.4. The Morgan fingerprint density at radius 3 is 2.45 bits per heavy atom. The van der Waals surface area contributed by atoms with Gasteiger partial charge in [0.25, 0.3) is 0 Å². The van der Waals surface area contributed by atoms with E-state index in [0.29, 0.717) is 11.8 Å². The zero-order valence-corrected chi connectivity index (χ0v) is 17.9. The monoisotopic (exact) mass is 395 g/mol. The Morgan fingerprint density at radius 1 is 1.17 bits per heavy atom. The first kappa shape index (κ1) is 25.9. The van der Waals surface area contributed by atoms with Gasteiger partial charge in [-0.1, -0.05) is 56.7 Å². The molecule has 0 saturated heterocycles. The van der Waals surface area contributed by atoms with Gasteiger partial charge in [-0.3, -0.25) is 20.0 Å². The van der Waals surface area contributed by atoms with E-state index in [-0.39, 0.29) is 5.71 Å². The standard InChI is InChI=1S/C11H11NO.C10H14N2O.C3H8/c1-2-5-9-6-3-4-7-10(9)11(12)8-13;1-9-7-11-6-4-10(9)3-2-5-12-8-13;1-3-2/h2-8,12H,1H3;4,6-8H,2-3,5H2,1H3,(H,12,13);3H2,1-2H3/b5-2+,12-11?;;. The van der Waals surface area contributed by atoms with Gasteiger partial charge >= 0.3 is 0 Å². The van der Waals surface area contributed by atoms with Crippen LogP contribution in [-0.4, -0.2) is 29.9 Å². The molecular formula is C24H33N3O2. The third-order valence-corrected chi connectivity index (χ3v) is 3.70. The molecule has 2 aromatic rings. The summed E-state index contributed by atoms with van der Waals surface area (Å²) in [5.74, 6) is 0. The van der Waals surface area contributed by atoms with Crippen molar-refractivity contribution in [1.82, 2.24) is 10.3 Å². The van der Waals surface area contributed by atoms with Crippen LogP contribution in [0.3, 0.4) is 0 Å². The van der Waals surface area contributed by atoms with E-state index in [9.17, 15) is 9.59 Å². The molecule has 5 heteroatoms. The molecule has 0 aliphatic carbocycles. The van der Waals surface area contributed by atoms with E-state index < -0.39 is 0 Å². The van der Waals surface area contributed by atoms with Crippen LogP contribution in [0.5, 0.6) is 0 Å². The molecule has 1 aromatic heterocycles. The van der Waals surface area contributed by atoms with Crippen LogP contribution < -0.4 is 5.32 Å². The Balaban J connectivity index is 0.000000477. The third-order valence-electron chi connectivity index (χ3n) is 3.70. The first-order valence-corrected chi connectivity index (χ1v) is 9.87. The fourth-order valence-corrected chi connectivity index (χ4v) is 2.35. The molecule has 29 heavy (non-hydrogen) atoms. The summed E-state index contributed by atoms with van der Waals surface area (Å²) in [6.45, 7) is 8.95. The van der Waals surface area contributed by atoms with E-state index in [1.54, 1.807) is 12.3 Å². The molecule has 0 aliphatic heterocycles. The topological polar surface area (TPSA) is 82.9 Å². The van der Waals surface area contributed by atoms with Crippen molar-refractivity contribution in [2.75, 3.05) is 6.54 Å². The number of amides is 1. The van der Waals surface area contributed by atoms with E-state index in [4.69, 9.17) is 5.41 Å². The molecule has 0 fully saturated rings. The Kier molecular flexibility index (Phi) is 15.2. The van der Waals surface area contributed by atoms with Crippen LogP contribution in [-0.2, 0) is 16.0 Å². The molecule has 0 radical (unpaired) electrons. The second-order valence-corrected chi connectivity index (χ2v) is 6.30. The SMILES string of the molecule is C/C=C/c1ccccc1C(=N)C=O.CCC.Cc1cnccc1CCCNC=O. The normalized spacial score (nSPS) is 9.52. The molecule has 0 saturated carbocycles. The van der Waals surface area contributed by atoms with Crippen molar-refractivity contribution in [2.24, 2.45) is 0 Å². The van der Waals surface area contributed by atoms with Crippen molar-refractivity contribution in [1.29, 1.82) is 5.41 Å². The highest BCUT2D eigenvalue weighted by atomic mass is 16.1. The Morgan fingerprint density at radius 2 is 1.86 bits per heavy atom. The summed E-state index contributed by atoms with van der Waals surface area (Å²) >= 11 is 0. The highest BCUT2D eigenvalue weighted by Crippen LogP contribution is 2.10. The van der Waals surface area contributed by atoms with Crippen LogP contribution in [0.1, 0.15) is 55.9 Å². The molecule has 0 unspecified atom stereocenters. The van der Waals surface area contributed by atoms with Gasteiger partial charge in [0, 0.05) is 24.5 Å². The predicted octanol–water partition coefficient (Wildman–Crippen LogP) is 4.77. The van der Waals surface area contributed by atoms with Crippen LogP contribution in [0.25, 0.3) is 6.08 Å². The van der Waals surface area contributed by atoms with E-state index >= 15 is 0 Å². The molecule has 0 bridgehead atoms. The van der Waals surface area contributed by atoms with Crippen molar-refractivity contribution in [3.05, 3.63) is 71.1 Å². The number of aldehydes is 1. The number of nitrogens with zero attached hydrogens (tertiary/aromatic N) is 1. The number of hydrogen-bond acceptors (Lipinski definition) is 4. The maximum Gasteiger partial charge on any atom is 0.207 e. The van der Waals surface area contributed by atoms with Gasteiger partial charge in [-0.2, -0.15) is 0 Å². The number of benzene rings is 1. The minimum absolute atomic E-state index is 0.0219. The first-order valence-electron chi connectivity index (χ1n) is 9.87. The minimum Gasteiger partial charge on any atom is -0.359 e. The summed E-state index contributed by atoms with van der Waals surface area (Å²) in [6.07, 6.45) is 11.9. The average molecular weight is 396 g/mol. The molecule has 2 N–H and O–H groups in total. The Labute approximate surface area is 174 Å². The van der Waals surface area contributed by atoms with Gasteiger partial charge < -0.3 is 5.32 Å². The quantitative estimate of drug-likeness (QED) is 0.384. The van der Waals surface area contributed by atoms with Crippen LogP contribution in [0.4, 0.5) is 0 Å². The summed E-state index contributed by atoms with van der Waals surface area (Å²) < 4.78 is 0. The molecule has 156 valence electrons. The predicted molar refractivity (Wildman–Crippen MR) is 121 cm³/mol. The van der Waals surface area contributed by atoms with Gasteiger partial charge in [0.1, 0.15) is 5.71 Å². The van der Waals surface area contributed by atoms with Crippen molar-refractivity contribution in [2.45, 2.75) is 47.0 Å². The molecule has 1 aromatic carbocycles. The smallest absolute Gasteiger partial charge is 0.207 e. The van der Waals surface area contributed by atoms with Crippen molar-refractivity contribution >= 4 is 24.5 Å². The molecule has 0 atom stereocenters. The lowest BCUT2D eigenvalue weighted by atomic mass is 10.0. The number of pyridine rings is 1. The van der Waals surface area contributed by atoms with Crippen molar-refractivity contribution in [3.8, 4) is 0 Å². The lowest BCUT2D eigenvalue weighted by molar-refractivity contribution is -0.109. The average Bonchev–Trinajstić information content (AvgIpc) is 2.73. The zero-order valence-electron chi connectivity index (χ0n) is 17.9. The Bertz CT molecular complexity index is 770. The molecular weight excluding hydrogens is 362 g/mol. The largest absolute Gasteiger partial charge is 0.359 e. The highest BCUT2D eigenvalue weighted by molar-refractivity contribution is 6.35. The van der Waals surface area contributed by atoms with Crippen LogP contribution >= 0.6 is 0 Å². The molecule has 0 spiro atoms. The first-order chi connectivity index (χ1) is 14.0. The summed E-state index contributed by atoms with van der Waals surface area (Å²) in [6, 6.07) is 9.38. The summed E-state index contributed by atoms with van der Waals surface area (Å²) in [5.41, 5.74) is 4.13. The molecule has 1 amide bonds. The number of aromatic nitrogens is 1. The van der Waals surface area contributed by atoms with Gasteiger partial charge in [0.2, 0.25) is 6.41 Å². The van der Waals surface area contributed by atoms with Crippen LogP contribution in [0, 0.1) is 12.3 Å². The van der Waals surface area contributed by atoms with Crippen molar-refractivity contribution < 1.29 is 9.59 Å². The van der Waals surface area contributed by atoms with E-state index in [2.05, 4.69) is 31.1 Å². The molecule has 2 rings (SSSR count). The van der Waals surface area contributed by atoms with E-state index in [0.717, 1.165) is 31.4 Å². The van der Waals surface area contributed by atoms with Crippen molar-refractivity contribution in [3.63, 3.8) is 0 Å². The van der Waals surface area contributed by atoms with Gasteiger partial charge in [0.05, 0.1) is 0 Å². The van der Waals surface area contributed by atoms with Crippen LogP contribution in [0.2, 0.25) is 0 Å². The fraction of sp³-hybridized carbons (Fsp3) is 0.333.